The zero-order chi connectivity index (χ0) is 24.0. The molecule has 0 aromatic heterocycles. The molecule has 0 aliphatic carbocycles. The number of anilines is 2. The molecule has 0 aliphatic heterocycles. The van der Waals surface area contributed by atoms with Crippen molar-refractivity contribution in [3.05, 3.63) is 72.3 Å². The Bertz CT molecular complexity index is 1240. The number of hydrogen-bond acceptors (Lipinski definition) is 6. The van der Waals surface area contributed by atoms with E-state index in [-0.39, 0.29) is 35.3 Å². The van der Waals surface area contributed by atoms with Gasteiger partial charge in [0.05, 0.1) is 18.4 Å². The Morgan fingerprint density at radius 1 is 0.971 bits per heavy atom. The van der Waals surface area contributed by atoms with Crippen LogP contribution in [0.3, 0.4) is 0 Å². The number of sulfonamides is 1. The summed E-state index contributed by atoms with van der Waals surface area (Å²) in [6.07, 6.45) is 0. The fourth-order valence-corrected chi connectivity index (χ4v) is 4.81. The van der Waals surface area contributed by atoms with Crippen LogP contribution in [-0.4, -0.2) is 53.5 Å². The largest absolute Gasteiger partial charge is 0.497 e. The summed E-state index contributed by atoms with van der Waals surface area (Å²) in [5.41, 5.74) is 7.77. The molecule has 0 saturated heterocycles. The number of halogens is 2. The van der Waals surface area contributed by atoms with Gasteiger partial charge in [-0.25, -0.2) is 8.42 Å². The Balaban J connectivity index is 0.00000306. The van der Waals surface area contributed by atoms with Gasteiger partial charge >= 0.3 is 0 Å². The molecule has 0 aliphatic rings. The fourth-order valence-electron chi connectivity index (χ4n) is 3.35. The van der Waals surface area contributed by atoms with Crippen LogP contribution >= 0.6 is 24.8 Å². The molecule has 0 radical (unpaired) electrons. The van der Waals surface area contributed by atoms with E-state index in [9.17, 15) is 13.2 Å². The summed E-state index contributed by atoms with van der Waals surface area (Å²) >= 11 is 0. The van der Waals surface area contributed by atoms with Crippen molar-refractivity contribution in [1.82, 2.24) is 4.90 Å². The maximum absolute atomic E-state index is 13.6. The van der Waals surface area contributed by atoms with Crippen LogP contribution in [0.2, 0.25) is 0 Å². The molecule has 11 heteroatoms. The molecule has 0 fully saturated rings. The first-order chi connectivity index (χ1) is 15.8. The number of benzene rings is 3. The van der Waals surface area contributed by atoms with Crippen LogP contribution in [0.5, 0.6) is 5.75 Å². The molecule has 4 N–H and O–H groups in total. The summed E-state index contributed by atoms with van der Waals surface area (Å²) in [4.78, 5) is 14.2. The third-order valence-electron chi connectivity index (χ3n) is 4.91. The summed E-state index contributed by atoms with van der Waals surface area (Å²) < 4.78 is 35.1. The first-order valence-electron chi connectivity index (χ1n) is 10.3. The van der Waals surface area contributed by atoms with E-state index in [0.29, 0.717) is 35.7 Å². The third-order valence-corrected chi connectivity index (χ3v) is 6.39. The maximum atomic E-state index is 13.6. The Morgan fingerprint density at radius 3 is 2.20 bits per heavy atom. The minimum absolute atomic E-state index is 0. The van der Waals surface area contributed by atoms with Crippen LogP contribution in [0.25, 0.3) is 11.1 Å². The fraction of sp³-hybridized carbons (Fsp3) is 0.208. The number of methoxy groups -OCH3 is 1. The predicted octanol–water partition coefficient (Wildman–Crippen LogP) is 4.08. The number of carbonyl (C=O) groups is 1. The van der Waals surface area contributed by atoms with E-state index >= 15 is 0 Å². The topological polar surface area (TPSA) is 114 Å². The van der Waals surface area contributed by atoms with Gasteiger partial charge in [-0.1, -0.05) is 30.3 Å². The molecule has 0 atom stereocenters. The van der Waals surface area contributed by atoms with Crippen molar-refractivity contribution in [1.29, 1.82) is 0 Å². The smallest absolute Gasteiger partial charge is 0.263 e. The summed E-state index contributed by atoms with van der Waals surface area (Å²) in [6, 6.07) is 18.8. The number of rotatable bonds is 9. The number of carbonyl (C=O) groups excluding carboxylic acids is 1. The molecular weight excluding hydrogens is 511 g/mol. The van der Waals surface area contributed by atoms with Gasteiger partial charge < -0.3 is 20.7 Å². The standard InChI is InChI=1S/C24H28N4O4S.2ClH/c1-28(2)24(29)22-9-5-8-21(17-10-12-20(32-3)13-11-17)23(22)33(30,31)27-19-7-4-6-18(16-19)26-15-14-25;;/h4-13,16,26-27H,14-15,25H2,1-3H3;2*1H. The number of hydrogen-bond donors (Lipinski definition) is 3. The van der Waals surface area contributed by atoms with E-state index in [0.717, 1.165) is 5.69 Å². The average Bonchev–Trinajstić information content (AvgIpc) is 2.81. The van der Waals surface area contributed by atoms with Crippen molar-refractivity contribution in [3.63, 3.8) is 0 Å². The van der Waals surface area contributed by atoms with Gasteiger partial charge in [0, 0.05) is 38.4 Å². The van der Waals surface area contributed by atoms with E-state index in [1.807, 2.05) is 6.07 Å². The zero-order valence-corrected chi connectivity index (χ0v) is 22.1. The summed E-state index contributed by atoms with van der Waals surface area (Å²) in [5.74, 6) is 0.229. The Hall–Kier alpha value is -2.98. The number of nitrogens with two attached hydrogens (primary N) is 1. The molecule has 0 unspecified atom stereocenters. The minimum atomic E-state index is -4.14. The van der Waals surface area contributed by atoms with Crippen LogP contribution in [0.1, 0.15) is 10.4 Å². The number of nitrogens with zero attached hydrogens (tertiary/aromatic N) is 1. The highest BCUT2D eigenvalue weighted by atomic mass is 35.5. The van der Waals surface area contributed by atoms with Crippen LogP contribution in [0.4, 0.5) is 11.4 Å². The van der Waals surface area contributed by atoms with E-state index in [2.05, 4.69) is 10.0 Å². The van der Waals surface area contributed by atoms with Crippen LogP contribution < -0.4 is 20.5 Å². The second-order valence-corrected chi connectivity index (χ2v) is 9.13. The van der Waals surface area contributed by atoms with Crippen LogP contribution in [-0.2, 0) is 10.0 Å². The second-order valence-electron chi connectivity index (χ2n) is 7.51. The van der Waals surface area contributed by atoms with Gasteiger partial charge in [-0.05, 0) is 42.0 Å². The first kappa shape index (κ1) is 30.1. The normalized spacial score (nSPS) is 10.4. The van der Waals surface area contributed by atoms with Crippen molar-refractivity contribution in [2.24, 2.45) is 5.73 Å². The molecule has 190 valence electrons. The van der Waals surface area contributed by atoms with Crippen molar-refractivity contribution >= 4 is 52.1 Å². The van der Waals surface area contributed by atoms with Gasteiger partial charge in [0.15, 0.2) is 0 Å². The molecule has 35 heavy (non-hydrogen) atoms. The van der Waals surface area contributed by atoms with Crippen molar-refractivity contribution in [3.8, 4) is 16.9 Å². The summed E-state index contributed by atoms with van der Waals surface area (Å²) in [5, 5.41) is 3.12. The lowest BCUT2D eigenvalue weighted by Gasteiger charge is -2.19. The molecule has 3 aromatic carbocycles. The van der Waals surface area contributed by atoms with E-state index in [4.69, 9.17) is 10.5 Å². The Morgan fingerprint density at radius 2 is 1.60 bits per heavy atom. The maximum Gasteiger partial charge on any atom is 0.263 e. The molecule has 8 nitrogen and oxygen atoms in total. The Labute approximate surface area is 218 Å². The predicted molar refractivity (Wildman–Crippen MR) is 146 cm³/mol. The lowest BCUT2D eigenvalue weighted by Crippen LogP contribution is -2.26. The highest BCUT2D eigenvalue weighted by Crippen LogP contribution is 2.33. The highest BCUT2D eigenvalue weighted by Gasteiger charge is 2.28. The molecule has 0 bridgehead atoms. The molecule has 0 saturated carbocycles. The average molecular weight is 542 g/mol. The van der Waals surface area contributed by atoms with E-state index in [1.165, 1.54) is 11.0 Å². The lowest BCUT2D eigenvalue weighted by atomic mass is 10.0. The molecule has 1 amide bonds. The summed E-state index contributed by atoms with van der Waals surface area (Å²) in [6.45, 7) is 0.999. The first-order valence-corrected chi connectivity index (χ1v) is 11.8. The van der Waals surface area contributed by atoms with Gasteiger partial charge in [-0.15, -0.1) is 24.8 Å². The van der Waals surface area contributed by atoms with Gasteiger partial charge in [-0.3, -0.25) is 9.52 Å². The highest BCUT2D eigenvalue weighted by molar-refractivity contribution is 7.93. The second kappa shape index (κ2) is 13.2. The Kier molecular flexibility index (Phi) is 11.3. The zero-order valence-electron chi connectivity index (χ0n) is 19.6. The SMILES string of the molecule is COc1ccc(-c2cccc(C(=O)N(C)C)c2S(=O)(=O)Nc2cccc(NCCN)c2)cc1.Cl.Cl. The molecular formula is C24H30Cl2N4O4S. The molecule has 3 rings (SSSR count). The number of amides is 1. The van der Waals surface area contributed by atoms with Crippen molar-refractivity contribution in [2.75, 3.05) is 44.3 Å². The third kappa shape index (κ3) is 7.25. The molecule has 3 aromatic rings. The van der Waals surface area contributed by atoms with E-state index < -0.39 is 15.9 Å². The van der Waals surface area contributed by atoms with Crippen molar-refractivity contribution < 1.29 is 17.9 Å². The minimum Gasteiger partial charge on any atom is -0.497 e. The van der Waals surface area contributed by atoms with Crippen LogP contribution in [0, 0.1) is 0 Å². The number of ether oxygens (including phenoxy) is 1. The van der Waals surface area contributed by atoms with Gasteiger partial charge in [-0.2, -0.15) is 0 Å². The quantitative estimate of drug-likeness (QED) is 0.376. The van der Waals surface area contributed by atoms with Gasteiger partial charge in [0.1, 0.15) is 10.6 Å². The lowest BCUT2D eigenvalue weighted by molar-refractivity contribution is 0.0824. The van der Waals surface area contributed by atoms with E-state index in [1.54, 1.807) is 75.8 Å². The molecule has 0 spiro atoms. The molecule has 0 heterocycles. The summed E-state index contributed by atoms with van der Waals surface area (Å²) in [7, 11) is 0.586. The number of nitrogens with one attached hydrogen (secondary N) is 2. The van der Waals surface area contributed by atoms with Gasteiger partial charge in [0.2, 0.25) is 0 Å². The van der Waals surface area contributed by atoms with Crippen LogP contribution in [0.15, 0.2) is 71.6 Å². The monoisotopic (exact) mass is 540 g/mol. The van der Waals surface area contributed by atoms with Crippen molar-refractivity contribution in [2.45, 2.75) is 4.90 Å². The van der Waals surface area contributed by atoms with Gasteiger partial charge in [0.25, 0.3) is 15.9 Å².